The van der Waals surface area contributed by atoms with Gasteiger partial charge in [-0.2, -0.15) is 0 Å². The summed E-state index contributed by atoms with van der Waals surface area (Å²) in [7, 11) is 0. The Morgan fingerprint density at radius 3 is 2.40 bits per heavy atom. The summed E-state index contributed by atoms with van der Waals surface area (Å²) in [5.41, 5.74) is 1.39. The normalized spacial score (nSPS) is 10.3. The first-order valence-corrected chi connectivity index (χ1v) is 5.23. The van der Waals surface area contributed by atoms with Crippen LogP contribution in [0.4, 0.5) is 0 Å². The molecule has 0 radical (unpaired) electrons. The summed E-state index contributed by atoms with van der Waals surface area (Å²) in [6.07, 6.45) is 3.02. The summed E-state index contributed by atoms with van der Waals surface area (Å²) in [6.45, 7) is 0. The summed E-state index contributed by atoms with van der Waals surface area (Å²) in [6, 6.07) is 5.17. The number of hydrogen-bond acceptors (Lipinski definition) is 2. The molecule has 0 unspecified atom stereocenters. The lowest BCUT2D eigenvalue weighted by atomic mass is 10.1. The molecular weight excluding hydrogens is 254 g/mol. The van der Waals surface area contributed by atoms with Gasteiger partial charge in [0.05, 0.1) is 23.1 Å². The molecule has 0 aliphatic heterocycles. The Morgan fingerprint density at radius 1 is 0.933 bits per heavy atom. The molecule has 1 aromatic carbocycles. The van der Waals surface area contributed by atoms with E-state index >= 15 is 0 Å². The third kappa shape index (κ3) is 2.40. The average molecular weight is 260 g/mol. The number of hydrogen-bond donors (Lipinski definition) is 0. The quantitative estimate of drug-likeness (QED) is 0.770. The Balaban J connectivity index is 2.53. The van der Waals surface area contributed by atoms with Crippen molar-refractivity contribution in [3.05, 3.63) is 45.8 Å². The molecule has 0 N–H and O–H groups in total. The molecule has 15 heavy (non-hydrogen) atoms. The van der Waals surface area contributed by atoms with E-state index in [0.29, 0.717) is 20.9 Å². The maximum Gasteiger partial charge on any atom is 0.147 e. The Labute approximate surface area is 102 Å². The van der Waals surface area contributed by atoms with Crippen molar-refractivity contribution in [2.45, 2.75) is 0 Å². The molecule has 1 heterocycles. The highest BCUT2D eigenvalue weighted by molar-refractivity contribution is 6.35. The molecule has 2 rings (SSSR count). The van der Waals surface area contributed by atoms with E-state index < -0.39 is 0 Å². The van der Waals surface area contributed by atoms with Crippen molar-refractivity contribution in [1.29, 1.82) is 0 Å². The van der Waals surface area contributed by atoms with Gasteiger partial charge in [0.25, 0.3) is 0 Å². The Kier molecular flexibility index (Phi) is 3.10. The number of nitrogens with zero attached hydrogens (tertiary/aromatic N) is 2. The molecule has 1 aromatic heterocycles. The maximum atomic E-state index is 6.01. The zero-order chi connectivity index (χ0) is 10.8. The Bertz CT molecular complexity index is 483. The lowest BCUT2D eigenvalue weighted by Crippen LogP contribution is -1.86. The van der Waals surface area contributed by atoms with Crippen molar-refractivity contribution >= 4 is 34.8 Å². The Morgan fingerprint density at radius 2 is 1.73 bits per heavy atom. The van der Waals surface area contributed by atoms with E-state index in [4.69, 9.17) is 34.8 Å². The van der Waals surface area contributed by atoms with Gasteiger partial charge in [0.2, 0.25) is 0 Å². The summed E-state index contributed by atoms with van der Waals surface area (Å²) in [5, 5.41) is 1.53. The van der Waals surface area contributed by atoms with Crippen molar-refractivity contribution in [3.8, 4) is 11.3 Å². The van der Waals surface area contributed by atoms with Gasteiger partial charge in [-0.3, -0.25) is 4.98 Å². The number of benzene rings is 1. The van der Waals surface area contributed by atoms with Crippen LogP contribution in [0.25, 0.3) is 11.3 Å². The first-order valence-electron chi connectivity index (χ1n) is 4.10. The summed E-state index contributed by atoms with van der Waals surface area (Å²) in [5.74, 6) is 0. The second-order valence-corrected chi connectivity index (χ2v) is 4.08. The fourth-order valence-corrected chi connectivity index (χ4v) is 1.63. The first-order chi connectivity index (χ1) is 7.16. The maximum absolute atomic E-state index is 6.01. The van der Waals surface area contributed by atoms with Crippen LogP contribution in [0.15, 0.2) is 30.6 Å². The molecule has 0 aliphatic rings. The second kappa shape index (κ2) is 4.35. The van der Waals surface area contributed by atoms with Gasteiger partial charge >= 0.3 is 0 Å². The van der Waals surface area contributed by atoms with Gasteiger partial charge in [0.1, 0.15) is 5.15 Å². The van der Waals surface area contributed by atoms with Crippen LogP contribution in [0.1, 0.15) is 0 Å². The van der Waals surface area contributed by atoms with Crippen molar-refractivity contribution in [3.63, 3.8) is 0 Å². The van der Waals surface area contributed by atoms with E-state index in [9.17, 15) is 0 Å². The number of rotatable bonds is 1. The molecule has 0 atom stereocenters. The predicted molar refractivity (Wildman–Crippen MR) is 62.5 cm³/mol. The van der Waals surface area contributed by atoms with Crippen molar-refractivity contribution in [1.82, 2.24) is 9.97 Å². The van der Waals surface area contributed by atoms with Gasteiger partial charge in [-0.05, 0) is 18.2 Å². The molecular formula is C10H5Cl3N2. The van der Waals surface area contributed by atoms with Gasteiger partial charge in [-0.15, -0.1) is 0 Å². The molecule has 2 aromatic rings. The molecule has 76 valence electrons. The minimum atomic E-state index is 0.344. The first kappa shape index (κ1) is 10.7. The molecule has 2 nitrogen and oxygen atoms in total. The van der Waals surface area contributed by atoms with Gasteiger partial charge in [0.15, 0.2) is 0 Å². The molecule has 0 amide bonds. The highest BCUT2D eigenvalue weighted by Gasteiger charge is 2.05. The van der Waals surface area contributed by atoms with Crippen LogP contribution in [-0.2, 0) is 0 Å². The highest BCUT2D eigenvalue weighted by atomic mass is 35.5. The summed E-state index contributed by atoms with van der Waals surface area (Å²) < 4.78 is 0. The SMILES string of the molecule is Clc1ccc(Cl)c(-c2cnc(Cl)cn2)c1. The number of aromatic nitrogens is 2. The lowest BCUT2D eigenvalue weighted by molar-refractivity contribution is 1.21. The molecule has 0 saturated heterocycles. The lowest BCUT2D eigenvalue weighted by Gasteiger charge is -2.03. The van der Waals surface area contributed by atoms with Crippen LogP contribution < -0.4 is 0 Å². The summed E-state index contributed by atoms with van der Waals surface area (Å²) in [4.78, 5) is 8.04. The van der Waals surface area contributed by atoms with Crippen LogP contribution in [0.2, 0.25) is 15.2 Å². The van der Waals surface area contributed by atoms with Gasteiger partial charge < -0.3 is 0 Å². The predicted octanol–water partition coefficient (Wildman–Crippen LogP) is 4.10. The molecule has 0 bridgehead atoms. The van der Waals surface area contributed by atoms with E-state index in [1.54, 1.807) is 24.4 Å². The smallest absolute Gasteiger partial charge is 0.147 e. The Hall–Kier alpha value is -0.830. The zero-order valence-electron chi connectivity index (χ0n) is 7.42. The fourth-order valence-electron chi connectivity index (χ4n) is 1.15. The van der Waals surface area contributed by atoms with Crippen LogP contribution >= 0.6 is 34.8 Å². The molecule has 0 aliphatic carbocycles. The second-order valence-electron chi connectivity index (χ2n) is 2.85. The van der Waals surface area contributed by atoms with E-state index in [2.05, 4.69) is 9.97 Å². The van der Waals surface area contributed by atoms with E-state index in [-0.39, 0.29) is 0 Å². The van der Waals surface area contributed by atoms with Crippen molar-refractivity contribution in [2.24, 2.45) is 0 Å². The van der Waals surface area contributed by atoms with Crippen molar-refractivity contribution < 1.29 is 0 Å². The van der Waals surface area contributed by atoms with Gasteiger partial charge in [-0.1, -0.05) is 34.8 Å². The van der Waals surface area contributed by atoms with Crippen LogP contribution in [0.5, 0.6) is 0 Å². The fraction of sp³-hybridized carbons (Fsp3) is 0. The zero-order valence-corrected chi connectivity index (χ0v) is 9.68. The molecule has 0 fully saturated rings. The minimum Gasteiger partial charge on any atom is -0.251 e. The van der Waals surface area contributed by atoms with E-state index in [1.807, 2.05) is 0 Å². The highest BCUT2D eigenvalue weighted by Crippen LogP contribution is 2.28. The molecule has 5 heteroatoms. The van der Waals surface area contributed by atoms with Gasteiger partial charge in [-0.25, -0.2) is 4.98 Å². The summed E-state index contributed by atoms with van der Waals surface area (Å²) >= 11 is 17.5. The van der Waals surface area contributed by atoms with E-state index in [0.717, 1.165) is 5.56 Å². The van der Waals surface area contributed by atoms with E-state index in [1.165, 1.54) is 6.20 Å². The van der Waals surface area contributed by atoms with Crippen LogP contribution in [0, 0.1) is 0 Å². The van der Waals surface area contributed by atoms with Crippen LogP contribution in [0.3, 0.4) is 0 Å². The minimum absolute atomic E-state index is 0.344. The molecule has 0 spiro atoms. The standard InChI is InChI=1S/C10H5Cl3N2/c11-6-1-2-8(12)7(3-6)9-4-15-10(13)5-14-9/h1-5H. The van der Waals surface area contributed by atoms with Crippen molar-refractivity contribution in [2.75, 3.05) is 0 Å². The monoisotopic (exact) mass is 258 g/mol. The third-order valence-electron chi connectivity index (χ3n) is 1.82. The van der Waals surface area contributed by atoms with Gasteiger partial charge in [0, 0.05) is 10.6 Å². The molecule has 0 saturated carbocycles. The number of halogens is 3. The van der Waals surface area contributed by atoms with Crippen LogP contribution in [-0.4, -0.2) is 9.97 Å². The average Bonchev–Trinajstić information content (AvgIpc) is 2.23. The third-order valence-corrected chi connectivity index (χ3v) is 2.58. The largest absolute Gasteiger partial charge is 0.251 e. The topological polar surface area (TPSA) is 25.8 Å².